The van der Waals surface area contributed by atoms with E-state index in [0.29, 0.717) is 12.0 Å². The van der Waals surface area contributed by atoms with Gasteiger partial charge in [0.05, 0.1) is 0 Å². The third-order valence-corrected chi connectivity index (χ3v) is 2.40. The van der Waals surface area contributed by atoms with Gasteiger partial charge in [-0.15, -0.1) is 0 Å². The van der Waals surface area contributed by atoms with E-state index in [1.54, 1.807) is 13.0 Å². The predicted octanol–water partition coefficient (Wildman–Crippen LogP) is 3.71. The van der Waals surface area contributed by atoms with Gasteiger partial charge in [-0.25, -0.2) is 4.79 Å². The summed E-state index contributed by atoms with van der Waals surface area (Å²) in [5, 5.41) is 0. The Hall–Kier alpha value is -1.83. The van der Waals surface area contributed by atoms with Crippen LogP contribution in [0.3, 0.4) is 0 Å². The fourth-order valence-electron chi connectivity index (χ4n) is 1.37. The fourth-order valence-corrected chi connectivity index (χ4v) is 1.37. The van der Waals surface area contributed by atoms with Gasteiger partial charge in [0.25, 0.3) is 0 Å². The summed E-state index contributed by atoms with van der Waals surface area (Å²) >= 11 is 0. The summed E-state index contributed by atoms with van der Waals surface area (Å²) in [6, 6.07) is 7.69. The molecule has 89 valence electrons. The summed E-state index contributed by atoms with van der Waals surface area (Å²) in [5.74, 6) is -0.383. The van der Waals surface area contributed by atoms with E-state index in [1.165, 1.54) is 0 Å². The van der Waals surface area contributed by atoms with Crippen LogP contribution in [0.15, 0.2) is 43.0 Å². The molecule has 0 heterocycles. The highest BCUT2D eigenvalue weighted by atomic mass is 16.5. The summed E-state index contributed by atoms with van der Waals surface area (Å²) in [6.45, 7) is 12.7. The molecule has 0 N–H and O–H groups in total. The van der Waals surface area contributed by atoms with Crippen LogP contribution in [0.4, 0.5) is 0 Å². The number of hydrogen-bond donors (Lipinski definition) is 0. The Balaban J connectivity index is 2.82. The minimum atomic E-state index is -0.383. The molecular weight excluding hydrogens is 212 g/mol. The highest BCUT2D eigenvalue weighted by Gasteiger charge is 2.14. The van der Waals surface area contributed by atoms with Gasteiger partial charge in [-0.2, -0.15) is 0 Å². The molecule has 0 spiro atoms. The number of esters is 1. The zero-order valence-corrected chi connectivity index (χ0v) is 10.1. The van der Waals surface area contributed by atoms with Gasteiger partial charge in [-0.05, 0) is 31.4 Å². The van der Waals surface area contributed by atoms with Gasteiger partial charge >= 0.3 is 5.97 Å². The molecular formula is C15H17O2. The van der Waals surface area contributed by atoms with Crippen LogP contribution >= 0.6 is 0 Å². The molecule has 2 heteroatoms. The Morgan fingerprint density at radius 1 is 1.41 bits per heavy atom. The minimum Gasteiger partial charge on any atom is -0.454 e. The molecule has 1 aromatic rings. The first kappa shape index (κ1) is 13.2. The lowest BCUT2D eigenvalue weighted by Crippen LogP contribution is -2.11. The van der Waals surface area contributed by atoms with E-state index in [4.69, 9.17) is 4.74 Å². The van der Waals surface area contributed by atoms with Crippen molar-refractivity contribution in [1.29, 1.82) is 0 Å². The van der Waals surface area contributed by atoms with E-state index in [0.717, 1.165) is 11.1 Å². The summed E-state index contributed by atoms with van der Waals surface area (Å²) in [4.78, 5) is 11.4. The predicted molar refractivity (Wildman–Crippen MR) is 70.2 cm³/mol. The van der Waals surface area contributed by atoms with E-state index in [1.807, 2.05) is 24.3 Å². The van der Waals surface area contributed by atoms with Gasteiger partial charge in [0.15, 0.2) is 0 Å². The van der Waals surface area contributed by atoms with Crippen LogP contribution in [0.1, 0.15) is 30.6 Å². The van der Waals surface area contributed by atoms with Crippen LogP contribution in [0.5, 0.6) is 0 Å². The molecule has 2 nitrogen and oxygen atoms in total. The number of hydrogen-bond acceptors (Lipinski definition) is 2. The van der Waals surface area contributed by atoms with E-state index >= 15 is 0 Å². The smallest absolute Gasteiger partial charge is 0.333 e. The van der Waals surface area contributed by atoms with Crippen LogP contribution in [0, 0.1) is 6.92 Å². The highest BCUT2D eigenvalue weighted by Crippen LogP contribution is 2.22. The molecule has 0 fully saturated rings. The van der Waals surface area contributed by atoms with E-state index in [9.17, 15) is 4.79 Å². The van der Waals surface area contributed by atoms with Crippen LogP contribution in [0.25, 0.3) is 6.08 Å². The van der Waals surface area contributed by atoms with Crippen molar-refractivity contribution >= 4 is 12.0 Å². The van der Waals surface area contributed by atoms with Crippen LogP contribution in [-0.4, -0.2) is 5.97 Å². The Labute approximate surface area is 103 Å². The number of benzene rings is 1. The zero-order valence-electron chi connectivity index (χ0n) is 10.1. The first-order valence-electron chi connectivity index (χ1n) is 5.46. The highest BCUT2D eigenvalue weighted by molar-refractivity contribution is 5.87. The molecule has 1 rings (SSSR count). The zero-order chi connectivity index (χ0) is 12.8. The first-order valence-corrected chi connectivity index (χ1v) is 5.46. The van der Waals surface area contributed by atoms with Crippen molar-refractivity contribution in [2.75, 3.05) is 0 Å². The molecule has 0 bridgehead atoms. The van der Waals surface area contributed by atoms with Gasteiger partial charge in [0.1, 0.15) is 6.10 Å². The molecule has 1 atom stereocenters. The summed E-state index contributed by atoms with van der Waals surface area (Å²) in [5.41, 5.74) is 2.36. The lowest BCUT2D eigenvalue weighted by Gasteiger charge is -2.16. The van der Waals surface area contributed by atoms with E-state index in [-0.39, 0.29) is 12.1 Å². The van der Waals surface area contributed by atoms with Crippen molar-refractivity contribution in [3.63, 3.8) is 0 Å². The SMILES string of the molecule is [CH2]CC(OC(=O)C(=C)C)c1ccc(C=C)cc1. The van der Waals surface area contributed by atoms with Gasteiger partial charge in [-0.1, -0.05) is 43.5 Å². The van der Waals surface area contributed by atoms with Gasteiger partial charge in [0.2, 0.25) is 0 Å². The molecule has 1 unspecified atom stereocenters. The Morgan fingerprint density at radius 3 is 2.41 bits per heavy atom. The number of ether oxygens (including phenoxy) is 1. The standard InChI is InChI=1S/C15H17O2/c1-5-12-7-9-13(10-8-12)14(6-2)17-15(16)11(3)4/h5,7-10,14H,1-3,6H2,4H3. The van der Waals surface area contributed by atoms with Crippen molar-refractivity contribution in [1.82, 2.24) is 0 Å². The maximum Gasteiger partial charge on any atom is 0.333 e. The van der Waals surface area contributed by atoms with Gasteiger partial charge < -0.3 is 4.74 Å². The second-order valence-corrected chi connectivity index (χ2v) is 3.83. The molecule has 0 aliphatic carbocycles. The van der Waals surface area contributed by atoms with E-state index in [2.05, 4.69) is 20.1 Å². The molecule has 17 heavy (non-hydrogen) atoms. The second-order valence-electron chi connectivity index (χ2n) is 3.83. The second kappa shape index (κ2) is 6.04. The molecule has 1 radical (unpaired) electrons. The Morgan fingerprint density at radius 2 is 2.00 bits per heavy atom. The van der Waals surface area contributed by atoms with Crippen molar-refractivity contribution in [3.8, 4) is 0 Å². The van der Waals surface area contributed by atoms with Crippen molar-refractivity contribution < 1.29 is 9.53 Å². The molecule has 0 aromatic heterocycles. The van der Waals surface area contributed by atoms with Gasteiger partial charge in [-0.3, -0.25) is 0 Å². The van der Waals surface area contributed by atoms with Gasteiger partial charge in [0, 0.05) is 5.57 Å². The number of carbonyl (C=O) groups is 1. The molecule has 0 saturated carbocycles. The lowest BCUT2D eigenvalue weighted by molar-refractivity contribution is -0.144. The average molecular weight is 229 g/mol. The normalized spacial score (nSPS) is 11.6. The topological polar surface area (TPSA) is 26.3 Å². The fraction of sp³-hybridized carbons (Fsp3) is 0.200. The monoisotopic (exact) mass is 229 g/mol. The molecule has 0 amide bonds. The summed E-state index contributed by atoms with van der Waals surface area (Å²) in [6.07, 6.45) is 1.94. The summed E-state index contributed by atoms with van der Waals surface area (Å²) in [7, 11) is 0. The lowest BCUT2D eigenvalue weighted by atomic mass is 10.0. The van der Waals surface area contributed by atoms with E-state index < -0.39 is 0 Å². The largest absolute Gasteiger partial charge is 0.454 e. The minimum absolute atomic E-state index is 0.321. The molecule has 0 aliphatic rings. The Kier molecular flexibility index (Phi) is 4.70. The third kappa shape index (κ3) is 3.59. The quantitative estimate of drug-likeness (QED) is 0.568. The molecule has 0 saturated heterocycles. The molecule has 1 aromatic carbocycles. The summed E-state index contributed by atoms with van der Waals surface area (Å²) < 4.78 is 5.29. The van der Waals surface area contributed by atoms with Crippen molar-refractivity contribution in [2.45, 2.75) is 19.4 Å². The third-order valence-electron chi connectivity index (χ3n) is 2.40. The van der Waals surface area contributed by atoms with Crippen molar-refractivity contribution in [3.05, 3.63) is 61.0 Å². The number of carbonyl (C=O) groups excluding carboxylic acids is 1. The maximum absolute atomic E-state index is 11.4. The van der Waals surface area contributed by atoms with Crippen LogP contribution in [-0.2, 0) is 9.53 Å². The average Bonchev–Trinajstić information content (AvgIpc) is 2.35. The number of rotatable bonds is 5. The Bertz CT molecular complexity index is 415. The first-order chi connectivity index (χ1) is 8.08. The van der Waals surface area contributed by atoms with Crippen LogP contribution < -0.4 is 0 Å². The maximum atomic E-state index is 11.4. The van der Waals surface area contributed by atoms with Crippen LogP contribution in [0.2, 0.25) is 0 Å². The molecule has 0 aliphatic heterocycles. The van der Waals surface area contributed by atoms with Crippen molar-refractivity contribution in [2.24, 2.45) is 0 Å².